The van der Waals surface area contributed by atoms with Crippen LogP contribution in [0.3, 0.4) is 0 Å². The van der Waals surface area contributed by atoms with Crippen molar-refractivity contribution in [3.63, 3.8) is 0 Å². The first kappa shape index (κ1) is 13.9. The summed E-state index contributed by atoms with van der Waals surface area (Å²) in [7, 11) is 1.61. The number of methoxy groups -OCH3 is 1. The van der Waals surface area contributed by atoms with Crippen LogP contribution in [-0.2, 0) is 12.0 Å². The van der Waals surface area contributed by atoms with Gasteiger partial charge >= 0.3 is 0 Å². The number of hydrogen-bond acceptors (Lipinski definition) is 2. The first-order valence-corrected chi connectivity index (χ1v) is 6.51. The Balaban J connectivity index is 2.29. The van der Waals surface area contributed by atoms with Crippen LogP contribution in [0.15, 0.2) is 48.5 Å². The minimum Gasteiger partial charge on any atom is -0.497 e. The molecule has 1 N–H and O–H groups in total. The number of ether oxygens (including phenoxy) is 1. The molecule has 3 heteroatoms. The SMILES string of the molecule is COc1cccc(C(C)(O)Cc2ccccc2Cl)c1. The van der Waals surface area contributed by atoms with Gasteiger partial charge in [-0.2, -0.15) is 0 Å². The first-order valence-electron chi connectivity index (χ1n) is 6.13. The maximum Gasteiger partial charge on any atom is 0.119 e. The molecule has 0 spiro atoms. The summed E-state index contributed by atoms with van der Waals surface area (Å²) in [6.07, 6.45) is 0.458. The van der Waals surface area contributed by atoms with E-state index in [1.165, 1.54) is 0 Å². The first-order chi connectivity index (χ1) is 9.03. The summed E-state index contributed by atoms with van der Waals surface area (Å²) in [5.74, 6) is 0.733. The number of halogens is 1. The fraction of sp³-hybridized carbons (Fsp3) is 0.250. The maximum absolute atomic E-state index is 10.7. The highest BCUT2D eigenvalue weighted by Gasteiger charge is 2.24. The monoisotopic (exact) mass is 276 g/mol. The summed E-state index contributed by atoms with van der Waals surface area (Å²) in [5, 5.41) is 11.3. The molecule has 2 aromatic rings. The van der Waals surface area contributed by atoms with Gasteiger partial charge in [0.2, 0.25) is 0 Å². The van der Waals surface area contributed by atoms with Gasteiger partial charge in [0.1, 0.15) is 5.75 Å². The largest absolute Gasteiger partial charge is 0.497 e. The van der Waals surface area contributed by atoms with Crippen molar-refractivity contribution in [2.45, 2.75) is 18.9 Å². The lowest BCUT2D eigenvalue weighted by Crippen LogP contribution is -2.24. The Morgan fingerprint density at radius 3 is 2.58 bits per heavy atom. The number of rotatable bonds is 4. The molecular formula is C16H17ClO2. The van der Waals surface area contributed by atoms with Crippen molar-refractivity contribution in [3.05, 3.63) is 64.7 Å². The highest BCUT2D eigenvalue weighted by molar-refractivity contribution is 6.31. The highest BCUT2D eigenvalue weighted by atomic mass is 35.5. The van der Waals surface area contributed by atoms with Gasteiger partial charge in [-0.15, -0.1) is 0 Å². The van der Waals surface area contributed by atoms with Gasteiger partial charge in [-0.05, 0) is 36.2 Å². The van der Waals surface area contributed by atoms with Crippen molar-refractivity contribution in [1.82, 2.24) is 0 Å². The van der Waals surface area contributed by atoms with Crippen LogP contribution < -0.4 is 4.74 Å². The maximum atomic E-state index is 10.7. The summed E-state index contributed by atoms with van der Waals surface area (Å²) in [5.41, 5.74) is 0.753. The molecule has 0 fully saturated rings. The van der Waals surface area contributed by atoms with Crippen LogP contribution in [0, 0.1) is 0 Å². The van der Waals surface area contributed by atoms with Crippen LogP contribution >= 0.6 is 11.6 Å². The predicted octanol–water partition coefficient (Wildman–Crippen LogP) is 3.80. The molecule has 2 rings (SSSR count). The summed E-state index contributed by atoms with van der Waals surface area (Å²) >= 11 is 6.14. The van der Waals surface area contributed by atoms with Gasteiger partial charge < -0.3 is 9.84 Å². The van der Waals surface area contributed by atoms with Crippen molar-refractivity contribution in [3.8, 4) is 5.75 Å². The molecule has 0 aliphatic carbocycles. The van der Waals surface area contributed by atoms with E-state index in [0.29, 0.717) is 11.4 Å². The summed E-state index contributed by atoms with van der Waals surface area (Å²) in [6, 6.07) is 15.0. The average Bonchev–Trinajstić information content (AvgIpc) is 2.41. The molecule has 0 aliphatic rings. The fourth-order valence-corrected chi connectivity index (χ4v) is 2.28. The van der Waals surface area contributed by atoms with Crippen LogP contribution in [-0.4, -0.2) is 12.2 Å². The van der Waals surface area contributed by atoms with E-state index in [1.54, 1.807) is 14.0 Å². The fourth-order valence-electron chi connectivity index (χ4n) is 2.07. The average molecular weight is 277 g/mol. The normalized spacial score (nSPS) is 13.9. The lowest BCUT2D eigenvalue weighted by molar-refractivity contribution is 0.0574. The summed E-state index contributed by atoms with van der Waals surface area (Å²) in [6.45, 7) is 1.78. The molecule has 0 saturated heterocycles. The van der Waals surface area contributed by atoms with E-state index in [-0.39, 0.29) is 0 Å². The zero-order valence-corrected chi connectivity index (χ0v) is 11.8. The number of aliphatic hydroxyl groups is 1. The van der Waals surface area contributed by atoms with E-state index in [1.807, 2.05) is 48.5 Å². The van der Waals surface area contributed by atoms with Crippen molar-refractivity contribution in [1.29, 1.82) is 0 Å². The Kier molecular flexibility index (Phi) is 4.13. The Hall–Kier alpha value is -1.51. The van der Waals surface area contributed by atoms with Crippen molar-refractivity contribution in [2.24, 2.45) is 0 Å². The van der Waals surface area contributed by atoms with Gasteiger partial charge in [-0.1, -0.05) is 41.9 Å². The van der Waals surface area contributed by atoms with Gasteiger partial charge in [-0.25, -0.2) is 0 Å². The van der Waals surface area contributed by atoms with Gasteiger partial charge in [0, 0.05) is 11.4 Å². The molecule has 0 radical (unpaired) electrons. The van der Waals surface area contributed by atoms with E-state index in [2.05, 4.69) is 0 Å². The third-order valence-electron chi connectivity index (χ3n) is 3.18. The van der Waals surface area contributed by atoms with Crippen LogP contribution in [0.4, 0.5) is 0 Å². The van der Waals surface area contributed by atoms with Gasteiger partial charge in [0.05, 0.1) is 12.7 Å². The second-order valence-corrected chi connectivity index (χ2v) is 5.18. The lowest BCUT2D eigenvalue weighted by Gasteiger charge is -2.25. The number of hydrogen-bond donors (Lipinski definition) is 1. The second-order valence-electron chi connectivity index (χ2n) is 4.77. The minimum absolute atomic E-state index is 0.458. The van der Waals surface area contributed by atoms with Gasteiger partial charge in [0.25, 0.3) is 0 Å². The van der Waals surface area contributed by atoms with Crippen LogP contribution in [0.25, 0.3) is 0 Å². The van der Waals surface area contributed by atoms with Gasteiger partial charge in [-0.3, -0.25) is 0 Å². The second kappa shape index (κ2) is 5.64. The van der Waals surface area contributed by atoms with E-state index >= 15 is 0 Å². The third-order valence-corrected chi connectivity index (χ3v) is 3.55. The zero-order chi connectivity index (χ0) is 13.9. The number of benzene rings is 2. The summed E-state index contributed by atoms with van der Waals surface area (Å²) < 4.78 is 5.19. The molecule has 0 heterocycles. The molecule has 19 heavy (non-hydrogen) atoms. The highest BCUT2D eigenvalue weighted by Crippen LogP contribution is 2.30. The molecule has 0 aliphatic heterocycles. The van der Waals surface area contributed by atoms with Crippen molar-refractivity contribution >= 4 is 11.6 Å². The zero-order valence-electron chi connectivity index (χ0n) is 11.1. The molecule has 0 bridgehead atoms. The van der Waals surface area contributed by atoms with Crippen molar-refractivity contribution < 1.29 is 9.84 Å². The third kappa shape index (κ3) is 3.28. The van der Waals surface area contributed by atoms with Crippen LogP contribution in [0.1, 0.15) is 18.1 Å². The molecule has 1 atom stereocenters. The van der Waals surface area contributed by atoms with E-state index in [9.17, 15) is 5.11 Å². The Morgan fingerprint density at radius 2 is 1.89 bits per heavy atom. The summed E-state index contributed by atoms with van der Waals surface area (Å²) in [4.78, 5) is 0. The lowest BCUT2D eigenvalue weighted by atomic mass is 9.89. The Bertz CT molecular complexity index is 564. The molecular weight excluding hydrogens is 260 g/mol. The van der Waals surface area contributed by atoms with Crippen LogP contribution in [0.5, 0.6) is 5.75 Å². The Labute approximate surface area is 118 Å². The smallest absolute Gasteiger partial charge is 0.119 e. The molecule has 0 saturated carbocycles. The topological polar surface area (TPSA) is 29.5 Å². The molecule has 2 nitrogen and oxygen atoms in total. The minimum atomic E-state index is -0.987. The Morgan fingerprint density at radius 1 is 1.16 bits per heavy atom. The molecule has 0 aromatic heterocycles. The molecule has 1 unspecified atom stereocenters. The van der Waals surface area contributed by atoms with E-state index in [4.69, 9.17) is 16.3 Å². The standard InChI is InChI=1S/C16H17ClO2/c1-16(18,11-12-6-3-4-9-15(12)17)13-7-5-8-14(10-13)19-2/h3-10,18H,11H2,1-2H3. The predicted molar refractivity (Wildman–Crippen MR) is 77.7 cm³/mol. The van der Waals surface area contributed by atoms with Crippen LogP contribution in [0.2, 0.25) is 5.02 Å². The van der Waals surface area contributed by atoms with E-state index in [0.717, 1.165) is 16.9 Å². The molecule has 2 aromatic carbocycles. The quantitative estimate of drug-likeness (QED) is 0.920. The van der Waals surface area contributed by atoms with Crippen molar-refractivity contribution in [2.75, 3.05) is 7.11 Å². The molecule has 100 valence electrons. The van der Waals surface area contributed by atoms with E-state index < -0.39 is 5.60 Å². The molecule has 0 amide bonds. The van der Waals surface area contributed by atoms with Gasteiger partial charge in [0.15, 0.2) is 0 Å².